The summed E-state index contributed by atoms with van der Waals surface area (Å²) in [5.74, 6) is -1.86. The Bertz CT molecular complexity index is 417. The van der Waals surface area contributed by atoms with E-state index in [-0.39, 0.29) is 17.9 Å². The van der Waals surface area contributed by atoms with Crippen molar-refractivity contribution in [3.63, 3.8) is 0 Å². The molecule has 0 fully saturated rings. The van der Waals surface area contributed by atoms with Gasteiger partial charge in [0.05, 0.1) is 0 Å². The van der Waals surface area contributed by atoms with Crippen molar-refractivity contribution in [2.45, 2.75) is 25.8 Å². The Balaban J connectivity index is 3.08. The molecule has 0 bridgehead atoms. The first-order valence-corrected chi connectivity index (χ1v) is 5.35. The minimum absolute atomic E-state index is 0.0156. The number of hydrogen-bond acceptors (Lipinski definition) is 4. The molecule has 1 aromatic heterocycles. The van der Waals surface area contributed by atoms with Crippen LogP contribution in [0.2, 0.25) is 0 Å². The van der Waals surface area contributed by atoms with E-state index in [1.54, 1.807) is 0 Å². The number of ketones is 1. The maximum atomic E-state index is 12.1. The van der Waals surface area contributed by atoms with E-state index >= 15 is 0 Å². The molecule has 1 aromatic rings. The number of carbonyl (C=O) groups excluding carboxylic acids is 1. The van der Waals surface area contributed by atoms with Crippen LogP contribution >= 0.6 is 0 Å². The van der Waals surface area contributed by atoms with Gasteiger partial charge in [-0.15, -0.1) is 0 Å². The lowest BCUT2D eigenvalue weighted by Crippen LogP contribution is -2.55. The molecular formula is C12H16N2O3. The topological polar surface area (TPSA) is 93.3 Å². The molecule has 1 heterocycles. The van der Waals surface area contributed by atoms with Gasteiger partial charge in [0.2, 0.25) is 0 Å². The van der Waals surface area contributed by atoms with E-state index in [1.165, 1.54) is 24.5 Å². The Morgan fingerprint density at radius 1 is 1.41 bits per heavy atom. The first-order valence-electron chi connectivity index (χ1n) is 5.35. The van der Waals surface area contributed by atoms with Gasteiger partial charge in [0.25, 0.3) is 0 Å². The van der Waals surface area contributed by atoms with Crippen LogP contribution in [0.1, 0.15) is 30.6 Å². The largest absolute Gasteiger partial charge is 0.480 e. The Labute approximate surface area is 99.7 Å². The molecule has 17 heavy (non-hydrogen) atoms. The summed E-state index contributed by atoms with van der Waals surface area (Å²) in [4.78, 5) is 27.1. The normalized spacial score (nSPS) is 14.4. The van der Waals surface area contributed by atoms with Crippen LogP contribution in [-0.4, -0.2) is 27.4 Å². The molecule has 0 saturated carbocycles. The number of aliphatic carboxylic acids is 1. The van der Waals surface area contributed by atoms with E-state index in [0.29, 0.717) is 0 Å². The minimum atomic E-state index is -1.87. The van der Waals surface area contributed by atoms with Crippen LogP contribution in [0.5, 0.6) is 0 Å². The Morgan fingerprint density at radius 3 is 2.35 bits per heavy atom. The zero-order valence-electron chi connectivity index (χ0n) is 9.88. The predicted octanol–water partition coefficient (Wildman–Crippen LogP) is 1.09. The highest BCUT2D eigenvalue weighted by Crippen LogP contribution is 2.20. The number of carbonyl (C=O) groups is 2. The summed E-state index contributed by atoms with van der Waals surface area (Å²) in [6, 6.07) is 2.93. The monoisotopic (exact) mass is 236 g/mol. The second kappa shape index (κ2) is 5.05. The van der Waals surface area contributed by atoms with Crippen LogP contribution in [0.15, 0.2) is 24.5 Å². The lowest BCUT2D eigenvalue weighted by atomic mass is 9.83. The van der Waals surface area contributed by atoms with Crippen molar-refractivity contribution in [3.8, 4) is 0 Å². The fourth-order valence-corrected chi connectivity index (χ4v) is 1.68. The molecule has 92 valence electrons. The highest BCUT2D eigenvalue weighted by atomic mass is 16.4. The quantitative estimate of drug-likeness (QED) is 0.589. The Morgan fingerprint density at radius 2 is 1.94 bits per heavy atom. The van der Waals surface area contributed by atoms with Gasteiger partial charge in [0, 0.05) is 18.0 Å². The van der Waals surface area contributed by atoms with Crippen molar-refractivity contribution < 1.29 is 14.7 Å². The average molecular weight is 236 g/mol. The minimum Gasteiger partial charge on any atom is -0.480 e. The van der Waals surface area contributed by atoms with Crippen LogP contribution < -0.4 is 5.73 Å². The zero-order chi connectivity index (χ0) is 13.1. The molecule has 0 aliphatic heterocycles. The molecule has 0 radical (unpaired) electrons. The third-order valence-corrected chi connectivity index (χ3v) is 2.46. The number of carboxylic acid groups (broad SMARTS) is 1. The Kier molecular flexibility index (Phi) is 3.96. The number of hydrogen-bond donors (Lipinski definition) is 2. The second-order valence-corrected chi connectivity index (χ2v) is 4.44. The highest BCUT2D eigenvalue weighted by molar-refractivity contribution is 6.15. The lowest BCUT2D eigenvalue weighted by Gasteiger charge is -2.25. The summed E-state index contributed by atoms with van der Waals surface area (Å²) in [6.07, 6.45) is 2.97. The van der Waals surface area contributed by atoms with Gasteiger partial charge in [-0.1, -0.05) is 13.8 Å². The summed E-state index contributed by atoms with van der Waals surface area (Å²) in [5, 5.41) is 9.15. The molecule has 0 unspecified atom stereocenters. The number of rotatable bonds is 5. The molecule has 3 N–H and O–H groups in total. The molecule has 0 saturated heterocycles. The SMILES string of the molecule is CC(C)C[C@](N)(C(=O)O)C(=O)c1ccncc1. The molecule has 5 heteroatoms. The summed E-state index contributed by atoms with van der Waals surface area (Å²) in [5.41, 5.74) is 4.15. The van der Waals surface area contributed by atoms with Gasteiger partial charge in [-0.05, 0) is 24.5 Å². The van der Waals surface area contributed by atoms with Gasteiger partial charge >= 0.3 is 5.97 Å². The summed E-state index contributed by atoms with van der Waals surface area (Å²) in [6.45, 7) is 3.65. The van der Waals surface area contributed by atoms with Gasteiger partial charge in [-0.2, -0.15) is 0 Å². The van der Waals surface area contributed by atoms with Gasteiger partial charge in [-0.25, -0.2) is 4.79 Å². The number of pyridine rings is 1. The van der Waals surface area contributed by atoms with Gasteiger partial charge < -0.3 is 10.8 Å². The number of nitrogens with zero attached hydrogens (tertiary/aromatic N) is 1. The van der Waals surface area contributed by atoms with E-state index < -0.39 is 17.3 Å². The van der Waals surface area contributed by atoms with Gasteiger partial charge in [0.1, 0.15) is 0 Å². The molecule has 0 spiro atoms. The van der Waals surface area contributed by atoms with E-state index in [1.807, 2.05) is 13.8 Å². The summed E-state index contributed by atoms with van der Waals surface area (Å²) in [7, 11) is 0. The molecule has 0 aromatic carbocycles. The number of carboxylic acids is 1. The third-order valence-electron chi connectivity index (χ3n) is 2.46. The highest BCUT2D eigenvalue weighted by Gasteiger charge is 2.42. The van der Waals surface area contributed by atoms with E-state index in [9.17, 15) is 9.59 Å². The molecule has 1 rings (SSSR count). The van der Waals surface area contributed by atoms with Crippen molar-refractivity contribution in [2.75, 3.05) is 0 Å². The molecule has 1 atom stereocenters. The molecule has 0 aliphatic carbocycles. The maximum absolute atomic E-state index is 12.1. The van der Waals surface area contributed by atoms with Crippen LogP contribution in [0, 0.1) is 5.92 Å². The maximum Gasteiger partial charge on any atom is 0.331 e. The van der Waals surface area contributed by atoms with Crippen LogP contribution in [0.3, 0.4) is 0 Å². The fourth-order valence-electron chi connectivity index (χ4n) is 1.68. The first-order chi connectivity index (χ1) is 7.88. The lowest BCUT2D eigenvalue weighted by molar-refractivity contribution is -0.141. The van der Waals surface area contributed by atoms with E-state index in [2.05, 4.69) is 4.98 Å². The van der Waals surface area contributed by atoms with Crippen molar-refractivity contribution in [1.82, 2.24) is 4.98 Å². The number of Topliss-reactive ketones (excluding diaryl/α,β-unsaturated/α-hetero) is 1. The van der Waals surface area contributed by atoms with Crippen molar-refractivity contribution in [3.05, 3.63) is 30.1 Å². The predicted molar refractivity (Wildman–Crippen MR) is 62.6 cm³/mol. The summed E-state index contributed by atoms with van der Waals surface area (Å²) >= 11 is 0. The van der Waals surface area contributed by atoms with Crippen LogP contribution in [0.4, 0.5) is 0 Å². The van der Waals surface area contributed by atoms with Gasteiger partial charge in [0.15, 0.2) is 11.3 Å². The number of aromatic nitrogens is 1. The first kappa shape index (κ1) is 13.3. The fraction of sp³-hybridized carbons (Fsp3) is 0.417. The second-order valence-electron chi connectivity index (χ2n) is 4.44. The van der Waals surface area contributed by atoms with E-state index in [0.717, 1.165) is 0 Å². The van der Waals surface area contributed by atoms with Crippen LogP contribution in [-0.2, 0) is 4.79 Å². The smallest absolute Gasteiger partial charge is 0.331 e. The van der Waals surface area contributed by atoms with Crippen LogP contribution in [0.25, 0.3) is 0 Å². The summed E-state index contributed by atoms with van der Waals surface area (Å²) < 4.78 is 0. The third kappa shape index (κ3) is 2.88. The average Bonchev–Trinajstić information content (AvgIpc) is 2.28. The molecule has 5 nitrogen and oxygen atoms in total. The van der Waals surface area contributed by atoms with E-state index in [4.69, 9.17) is 10.8 Å². The van der Waals surface area contributed by atoms with Crippen molar-refractivity contribution >= 4 is 11.8 Å². The molecular weight excluding hydrogens is 220 g/mol. The molecule has 0 aliphatic rings. The Hall–Kier alpha value is -1.75. The van der Waals surface area contributed by atoms with Crippen molar-refractivity contribution in [2.24, 2.45) is 11.7 Å². The zero-order valence-corrected chi connectivity index (χ0v) is 9.88. The molecule has 0 amide bonds. The van der Waals surface area contributed by atoms with Crippen molar-refractivity contribution in [1.29, 1.82) is 0 Å². The number of nitrogens with two attached hydrogens (primary N) is 1. The standard InChI is InChI=1S/C12H16N2O3/c1-8(2)7-12(13,11(16)17)10(15)9-3-5-14-6-4-9/h3-6,8H,7,13H2,1-2H3,(H,16,17)/t12-/m1/s1. The van der Waals surface area contributed by atoms with Gasteiger partial charge in [-0.3, -0.25) is 9.78 Å².